The molecular weight excluding hydrogens is 298 g/mol. The minimum Gasteiger partial charge on any atom is -0.493 e. The minimum atomic E-state index is 0.292. The Kier molecular flexibility index (Phi) is 2.74. The molecule has 2 saturated carbocycles. The van der Waals surface area contributed by atoms with Crippen molar-refractivity contribution >= 4 is 0 Å². The number of likely N-dealkylation sites (tertiary alicyclic amines) is 1. The lowest BCUT2D eigenvalue weighted by Gasteiger charge is -2.58. The van der Waals surface area contributed by atoms with Gasteiger partial charge in [-0.05, 0) is 75.0 Å². The van der Waals surface area contributed by atoms with Gasteiger partial charge in [0.2, 0.25) is 0 Å². The van der Waals surface area contributed by atoms with Gasteiger partial charge in [-0.15, -0.1) is 0 Å². The molecule has 24 heavy (non-hydrogen) atoms. The first-order valence-corrected chi connectivity index (χ1v) is 9.92. The summed E-state index contributed by atoms with van der Waals surface area (Å²) in [6, 6.07) is 5.23. The molecule has 128 valence electrons. The Balaban J connectivity index is 1.51. The van der Waals surface area contributed by atoms with Gasteiger partial charge in [-0.1, -0.05) is 6.07 Å². The van der Waals surface area contributed by atoms with Crippen molar-refractivity contribution in [3.05, 3.63) is 23.3 Å². The summed E-state index contributed by atoms with van der Waals surface area (Å²) < 4.78 is 12.2. The number of benzene rings is 1. The maximum absolute atomic E-state index is 6.59. The maximum Gasteiger partial charge on any atom is 0.165 e. The van der Waals surface area contributed by atoms with E-state index in [0.717, 1.165) is 29.4 Å². The van der Waals surface area contributed by atoms with E-state index in [1.807, 2.05) is 0 Å². The van der Waals surface area contributed by atoms with Gasteiger partial charge in [0.05, 0.1) is 7.11 Å². The van der Waals surface area contributed by atoms with E-state index in [4.69, 9.17) is 9.47 Å². The highest BCUT2D eigenvalue weighted by Crippen LogP contribution is 2.64. The van der Waals surface area contributed by atoms with Crippen LogP contribution >= 0.6 is 0 Å². The molecule has 4 atom stereocenters. The Morgan fingerprint density at radius 1 is 1.25 bits per heavy atom. The summed E-state index contributed by atoms with van der Waals surface area (Å²) in [5.41, 5.74) is 3.40. The third-order valence-corrected chi connectivity index (χ3v) is 7.74. The number of methoxy groups -OCH3 is 1. The summed E-state index contributed by atoms with van der Waals surface area (Å²) in [5, 5.41) is 0. The molecule has 2 aliphatic heterocycles. The third kappa shape index (κ3) is 1.62. The van der Waals surface area contributed by atoms with E-state index in [0.29, 0.717) is 11.5 Å². The number of hydrogen-bond acceptors (Lipinski definition) is 3. The van der Waals surface area contributed by atoms with E-state index in [2.05, 4.69) is 17.0 Å². The van der Waals surface area contributed by atoms with Crippen LogP contribution in [-0.4, -0.2) is 37.2 Å². The van der Waals surface area contributed by atoms with E-state index >= 15 is 0 Å². The summed E-state index contributed by atoms with van der Waals surface area (Å²) in [6.07, 6.45) is 9.78. The van der Waals surface area contributed by atoms with E-state index in [1.54, 1.807) is 18.2 Å². The number of ether oxygens (including phenoxy) is 2. The molecule has 3 nitrogen and oxygen atoms in total. The summed E-state index contributed by atoms with van der Waals surface area (Å²) in [7, 11) is 1.78. The van der Waals surface area contributed by atoms with Gasteiger partial charge in [0.15, 0.2) is 11.5 Å². The summed E-state index contributed by atoms with van der Waals surface area (Å²) >= 11 is 0. The average molecular weight is 325 g/mol. The van der Waals surface area contributed by atoms with Crippen LogP contribution in [0.1, 0.15) is 49.7 Å². The van der Waals surface area contributed by atoms with Crippen molar-refractivity contribution in [2.75, 3.05) is 20.2 Å². The molecule has 3 heteroatoms. The molecule has 1 spiro atoms. The quantitative estimate of drug-likeness (QED) is 0.848. The van der Waals surface area contributed by atoms with Gasteiger partial charge in [0, 0.05) is 23.6 Å². The highest BCUT2D eigenvalue weighted by molar-refractivity contribution is 5.60. The van der Waals surface area contributed by atoms with Crippen LogP contribution in [0.3, 0.4) is 0 Å². The van der Waals surface area contributed by atoms with Gasteiger partial charge in [0.25, 0.3) is 0 Å². The number of hydrogen-bond donors (Lipinski definition) is 0. The molecule has 5 aliphatic rings. The zero-order valence-corrected chi connectivity index (χ0v) is 14.6. The first-order chi connectivity index (χ1) is 11.8. The molecule has 2 heterocycles. The smallest absolute Gasteiger partial charge is 0.165 e. The Hall–Kier alpha value is -1.22. The van der Waals surface area contributed by atoms with Crippen LogP contribution in [0.5, 0.6) is 11.5 Å². The van der Waals surface area contributed by atoms with Gasteiger partial charge in [-0.2, -0.15) is 0 Å². The fourth-order valence-corrected chi connectivity index (χ4v) is 6.60. The molecule has 0 radical (unpaired) electrons. The second kappa shape index (κ2) is 4.69. The minimum absolute atomic E-state index is 0.292. The Morgan fingerprint density at radius 3 is 3.00 bits per heavy atom. The zero-order valence-electron chi connectivity index (χ0n) is 14.6. The Labute approximate surface area is 144 Å². The maximum atomic E-state index is 6.59. The SMILES string of the molecule is COc1ccc2c3c1O[C@@H]1CCC[C@@H]4[C@H](C2)N(CC2CC2)CC[C@]341. The summed E-state index contributed by atoms with van der Waals surface area (Å²) in [4.78, 5) is 2.86. The molecule has 1 saturated heterocycles. The van der Waals surface area contributed by atoms with E-state index < -0.39 is 0 Å². The molecule has 0 unspecified atom stereocenters. The second-order valence-corrected chi connectivity index (χ2v) is 8.78. The third-order valence-electron chi connectivity index (χ3n) is 7.74. The van der Waals surface area contributed by atoms with Crippen molar-refractivity contribution in [3.8, 4) is 11.5 Å². The van der Waals surface area contributed by atoms with Gasteiger partial charge >= 0.3 is 0 Å². The molecule has 1 aromatic carbocycles. The zero-order chi connectivity index (χ0) is 15.9. The van der Waals surface area contributed by atoms with Crippen molar-refractivity contribution in [2.45, 2.75) is 62.5 Å². The van der Waals surface area contributed by atoms with Crippen molar-refractivity contribution in [2.24, 2.45) is 11.8 Å². The van der Waals surface area contributed by atoms with Crippen LogP contribution in [0.2, 0.25) is 0 Å². The lowest BCUT2D eigenvalue weighted by atomic mass is 9.52. The molecule has 0 N–H and O–H groups in total. The first-order valence-electron chi connectivity index (χ1n) is 9.92. The fourth-order valence-electron chi connectivity index (χ4n) is 6.60. The van der Waals surface area contributed by atoms with Crippen molar-refractivity contribution in [3.63, 3.8) is 0 Å². The van der Waals surface area contributed by atoms with Crippen LogP contribution < -0.4 is 9.47 Å². The van der Waals surface area contributed by atoms with E-state index in [9.17, 15) is 0 Å². The molecule has 3 aliphatic carbocycles. The van der Waals surface area contributed by atoms with Crippen LogP contribution in [0.15, 0.2) is 12.1 Å². The Morgan fingerprint density at radius 2 is 2.17 bits per heavy atom. The monoisotopic (exact) mass is 325 g/mol. The summed E-state index contributed by atoms with van der Waals surface area (Å²) in [6.45, 7) is 2.62. The van der Waals surface area contributed by atoms with E-state index in [-0.39, 0.29) is 0 Å². The van der Waals surface area contributed by atoms with Crippen LogP contribution in [0.4, 0.5) is 0 Å². The number of piperidine rings is 1. The molecule has 0 aromatic heterocycles. The van der Waals surface area contributed by atoms with Gasteiger partial charge in [0.1, 0.15) is 6.10 Å². The lowest BCUT2D eigenvalue weighted by molar-refractivity contribution is -0.0529. The first kappa shape index (κ1) is 14.0. The normalized spacial score (nSPS) is 39.3. The predicted molar refractivity (Wildman–Crippen MR) is 92.8 cm³/mol. The topological polar surface area (TPSA) is 21.7 Å². The van der Waals surface area contributed by atoms with Crippen LogP contribution in [0, 0.1) is 11.8 Å². The molecule has 3 fully saturated rings. The van der Waals surface area contributed by atoms with Crippen molar-refractivity contribution < 1.29 is 9.47 Å². The van der Waals surface area contributed by atoms with Crippen molar-refractivity contribution in [1.29, 1.82) is 0 Å². The van der Waals surface area contributed by atoms with Crippen molar-refractivity contribution in [1.82, 2.24) is 4.90 Å². The average Bonchev–Trinajstić information content (AvgIpc) is 3.35. The highest BCUT2D eigenvalue weighted by atomic mass is 16.5. The van der Waals surface area contributed by atoms with Crippen LogP contribution in [0.25, 0.3) is 0 Å². The summed E-state index contributed by atoms with van der Waals surface area (Å²) in [5.74, 6) is 3.84. The molecule has 0 amide bonds. The van der Waals surface area contributed by atoms with Crippen LogP contribution in [-0.2, 0) is 11.8 Å². The Bertz CT molecular complexity index is 697. The molecular formula is C21H27NO2. The second-order valence-electron chi connectivity index (χ2n) is 8.78. The van der Waals surface area contributed by atoms with Gasteiger partial charge in [-0.3, -0.25) is 4.90 Å². The van der Waals surface area contributed by atoms with Gasteiger partial charge < -0.3 is 9.47 Å². The number of nitrogens with zero attached hydrogens (tertiary/aromatic N) is 1. The largest absolute Gasteiger partial charge is 0.493 e. The standard InChI is InChI=1S/C21H27NO2/c1-23-17-8-7-14-11-16-15-3-2-4-18-21(15,19(14)20(17)24-18)9-10-22(16)12-13-5-6-13/h7-8,13,15-16,18H,2-6,9-12H2,1H3/t15-,16+,18-,21+/m1/s1. The predicted octanol–water partition coefficient (Wildman–Crippen LogP) is 3.53. The van der Waals surface area contributed by atoms with E-state index in [1.165, 1.54) is 58.0 Å². The molecule has 2 bridgehead atoms. The number of rotatable bonds is 3. The molecule has 1 aromatic rings. The molecule has 6 rings (SSSR count). The van der Waals surface area contributed by atoms with Gasteiger partial charge in [-0.25, -0.2) is 0 Å². The lowest BCUT2D eigenvalue weighted by Crippen LogP contribution is -2.64. The fraction of sp³-hybridized carbons (Fsp3) is 0.714. The highest BCUT2D eigenvalue weighted by Gasteiger charge is 2.63.